The Morgan fingerprint density at radius 1 is 1.17 bits per heavy atom. The van der Waals surface area contributed by atoms with Crippen molar-refractivity contribution in [2.45, 2.75) is 46.7 Å². The molecule has 18 heavy (non-hydrogen) atoms. The first-order valence-electron chi connectivity index (χ1n) is 7.11. The van der Waals surface area contributed by atoms with Crippen molar-refractivity contribution >= 4 is 0 Å². The summed E-state index contributed by atoms with van der Waals surface area (Å²) in [5, 5.41) is 3.68. The number of likely N-dealkylation sites (N-methyl/N-ethyl adjacent to an activating group) is 1. The predicted octanol–water partition coefficient (Wildman–Crippen LogP) is 3.38. The van der Waals surface area contributed by atoms with Crippen LogP contribution in [0.5, 0.6) is 0 Å². The van der Waals surface area contributed by atoms with Crippen LogP contribution in [0.2, 0.25) is 0 Å². The van der Waals surface area contributed by atoms with E-state index < -0.39 is 0 Å². The van der Waals surface area contributed by atoms with Gasteiger partial charge in [-0.05, 0) is 39.4 Å². The molecule has 0 aromatic heterocycles. The first-order valence-corrected chi connectivity index (χ1v) is 7.11. The number of benzene rings is 1. The van der Waals surface area contributed by atoms with Crippen molar-refractivity contribution in [3.05, 3.63) is 35.4 Å². The van der Waals surface area contributed by atoms with E-state index in [4.69, 9.17) is 0 Å². The number of hydrogen-bond acceptors (Lipinski definition) is 2. The highest BCUT2D eigenvalue weighted by molar-refractivity contribution is 5.24. The Balaban J connectivity index is 2.51. The highest BCUT2D eigenvalue weighted by atomic mass is 15.1. The minimum atomic E-state index is 0.412. The average molecular weight is 248 g/mol. The molecule has 0 aliphatic rings. The quantitative estimate of drug-likeness (QED) is 0.796. The van der Waals surface area contributed by atoms with Gasteiger partial charge in [-0.3, -0.25) is 0 Å². The fraction of sp³-hybridized carbons (Fsp3) is 0.625. The van der Waals surface area contributed by atoms with Gasteiger partial charge in [0, 0.05) is 18.6 Å². The van der Waals surface area contributed by atoms with E-state index in [-0.39, 0.29) is 0 Å². The highest BCUT2D eigenvalue weighted by Crippen LogP contribution is 2.14. The van der Waals surface area contributed by atoms with Gasteiger partial charge in [0.1, 0.15) is 0 Å². The summed E-state index contributed by atoms with van der Waals surface area (Å²) in [7, 11) is 0. The van der Waals surface area contributed by atoms with E-state index in [2.05, 4.69) is 69.1 Å². The molecule has 102 valence electrons. The number of hydrogen-bond donors (Lipinski definition) is 1. The first-order chi connectivity index (χ1) is 8.56. The molecule has 0 amide bonds. The average Bonchev–Trinajstić information content (AvgIpc) is 2.35. The number of nitrogens with zero attached hydrogens (tertiary/aromatic N) is 1. The molecule has 2 unspecified atom stereocenters. The van der Waals surface area contributed by atoms with Crippen molar-refractivity contribution in [2.24, 2.45) is 0 Å². The normalized spacial score (nSPS) is 14.8. The molecule has 1 N–H and O–H groups in total. The molecule has 2 atom stereocenters. The molecular weight excluding hydrogens is 220 g/mol. The SMILES string of the molecule is CCN(CC)CC(C)NC(C)c1cccc(C)c1. The fourth-order valence-electron chi connectivity index (χ4n) is 2.38. The van der Waals surface area contributed by atoms with Crippen molar-refractivity contribution in [3.63, 3.8) is 0 Å². The van der Waals surface area contributed by atoms with Crippen LogP contribution >= 0.6 is 0 Å². The molecular formula is C16H28N2. The Kier molecular flexibility index (Phi) is 6.37. The number of aryl methyl sites for hydroxylation is 1. The summed E-state index contributed by atoms with van der Waals surface area (Å²) < 4.78 is 0. The third kappa shape index (κ3) is 4.79. The van der Waals surface area contributed by atoms with E-state index in [1.807, 2.05) is 0 Å². The second kappa shape index (κ2) is 7.55. The largest absolute Gasteiger partial charge is 0.306 e. The van der Waals surface area contributed by atoms with E-state index in [1.165, 1.54) is 11.1 Å². The van der Waals surface area contributed by atoms with E-state index in [0.29, 0.717) is 12.1 Å². The van der Waals surface area contributed by atoms with Crippen LogP contribution in [0.4, 0.5) is 0 Å². The van der Waals surface area contributed by atoms with Gasteiger partial charge in [0.25, 0.3) is 0 Å². The Labute approximate surface area is 112 Å². The van der Waals surface area contributed by atoms with Gasteiger partial charge < -0.3 is 10.2 Å². The molecule has 0 fully saturated rings. The van der Waals surface area contributed by atoms with Crippen LogP contribution in [0.3, 0.4) is 0 Å². The molecule has 0 radical (unpaired) electrons. The van der Waals surface area contributed by atoms with Crippen molar-refractivity contribution in [2.75, 3.05) is 19.6 Å². The molecule has 0 heterocycles. The summed E-state index contributed by atoms with van der Waals surface area (Å²) in [5.74, 6) is 0. The van der Waals surface area contributed by atoms with Gasteiger partial charge >= 0.3 is 0 Å². The summed E-state index contributed by atoms with van der Waals surface area (Å²) >= 11 is 0. The summed E-state index contributed by atoms with van der Waals surface area (Å²) in [5.41, 5.74) is 2.71. The van der Waals surface area contributed by atoms with Gasteiger partial charge in [-0.15, -0.1) is 0 Å². The van der Waals surface area contributed by atoms with Crippen LogP contribution in [0.15, 0.2) is 24.3 Å². The molecule has 2 nitrogen and oxygen atoms in total. The molecule has 2 heteroatoms. The van der Waals surface area contributed by atoms with E-state index in [1.54, 1.807) is 0 Å². The zero-order valence-electron chi connectivity index (χ0n) is 12.5. The highest BCUT2D eigenvalue weighted by Gasteiger charge is 2.11. The third-order valence-corrected chi connectivity index (χ3v) is 3.50. The summed E-state index contributed by atoms with van der Waals surface area (Å²) in [4.78, 5) is 2.46. The van der Waals surface area contributed by atoms with Gasteiger partial charge in [0.15, 0.2) is 0 Å². The van der Waals surface area contributed by atoms with Gasteiger partial charge in [0.2, 0.25) is 0 Å². The summed E-state index contributed by atoms with van der Waals surface area (Å²) in [6, 6.07) is 9.68. The Morgan fingerprint density at radius 2 is 1.83 bits per heavy atom. The summed E-state index contributed by atoms with van der Waals surface area (Å²) in [6.07, 6.45) is 0. The lowest BCUT2D eigenvalue weighted by Gasteiger charge is -2.26. The summed E-state index contributed by atoms with van der Waals surface area (Å²) in [6.45, 7) is 14.5. The minimum Gasteiger partial charge on any atom is -0.306 e. The lowest BCUT2D eigenvalue weighted by molar-refractivity contribution is 0.264. The zero-order valence-corrected chi connectivity index (χ0v) is 12.5. The standard InChI is InChI=1S/C16H28N2/c1-6-18(7-2)12-14(4)17-15(5)16-10-8-9-13(3)11-16/h8-11,14-15,17H,6-7,12H2,1-5H3. The first kappa shape index (κ1) is 15.2. The minimum absolute atomic E-state index is 0.412. The lowest BCUT2D eigenvalue weighted by Crippen LogP contribution is -2.40. The van der Waals surface area contributed by atoms with E-state index in [9.17, 15) is 0 Å². The molecule has 0 aliphatic heterocycles. The second-order valence-electron chi connectivity index (χ2n) is 5.19. The van der Waals surface area contributed by atoms with Gasteiger partial charge in [-0.25, -0.2) is 0 Å². The molecule has 0 saturated carbocycles. The molecule has 1 rings (SSSR count). The molecule has 0 spiro atoms. The van der Waals surface area contributed by atoms with Gasteiger partial charge in [-0.1, -0.05) is 43.7 Å². The molecule has 0 aliphatic carbocycles. The maximum atomic E-state index is 3.68. The van der Waals surface area contributed by atoms with Crippen LogP contribution in [0.25, 0.3) is 0 Å². The lowest BCUT2D eigenvalue weighted by atomic mass is 10.1. The van der Waals surface area contributed by atoms with Crippen molar-refractivity contribution in [1.29, 1.82) is 0 Å². The fourth-order valence-corrected chi connectivity index (χ4v) is 2.38. The predicted molar refractivity (Wildman–Crippen MR) is 80.0 cm³/mol. The third-order valence-electron chi connectivity index (χ3n) is 3.50. The maximum absolute atomic E-state index is 3.68. The molecule has 1 aromatic rings. The van der Waals surface area contributed by atoms with Gasteiger partial charge in [-0.2, -0.15) is 0 Å². The molecule has 0 saturated heterocycles. The Bertz CT molecular complexity index is 345. The van der Waals surface area contributed by atoms with Crippen molar-refractivity contribution < 1.29 is 0 Å². The van der Waals surface area contributed by atoms with E-state index in [0.717, 1.165) is 19.6 Å². The van der Waals surface area contributed by atoms with Crippen LogP contribution < -0.4 is 5.32 Å². The second-order valence-corrected chi connectivity index (χ2v) is 5.19. The zero-order chi connectivity index (χ0) is 13.5. The van der Waals surface area contributed by atoms with Crippen molar-refractivity contribution in [1.82, 2.24) is 10.2 Å². The number of nitrogens with one attached hydrogen (secondary N) is 1. The number of rotatable bonds is 7. The van der Waals surface area contributed by atoms with Crippen LogP contribution in [-0.2, 0) is 0 Å². The topological polar surface area (TPSA) is 15.3 Å². The van der Waals surface area contributed by atoms with Crippen molar-refractivity contribution in [3.8, 4) is 0 Å². The Hall–Kier alpha value is -0.860. The maximum Gasteiger partial charge on any atom is 0.0294 e. The molecule has 0 bridgehead atoms. The van der Waals surface area contributed by atoms with Crippen LogP contribution in [0.1, 0.15) is 44.9 Å². The Morgan fingerprint density at radius 3 is 2.39 bits per heavy atom. The van der Waals surface area contributed by atoms with Crippen LogP contribution in [0, 0.1) is 6.92 Å². The van der Waals surface area contributed by atoms with E-state index >= 15 is 0 Å². The van der Waals surface area contributed by atoms with Gasteiger partial charge in [0.05, 0.1) is 0 Å². The smallest absolute Gasteiger partial charge is 0.0294 e. The monoisotopic (exact) mass is 248 g/mol. The van der Waals surface area contributed by atoms with Crippen LogP contribution in [-0.4, -0.2) is 30.6 Å². The molecule has 1 aromatic carbocycles.